The van der Waals surface area contributed by atoms with Crippen molar-refractivity contribution in [1.82, 2.24) is 5.01 Å². The summed E-state index contributed by atoms with van der Waals surface area (Å²) in [6.07, 6.45) is 3.37. The lowest BCUT2D eigenvalue weighted by Crippen LogP contribution is -2.35. The summed E-state index contributed by atoms with van der Waals surface area (Å²) in [5.41, 5.74) is 3.37. The monoisotopic (exact) mass is 289 g/mol. The number of benzene rings is 1. The highest BCUT2D eigenvalue weighted by molar-refractivity contribution is 6.42. The van der Waals surface area contributed by atoms with Gasteiger partial charge in [-0.2, -0.15) is 0 Å². The first-order valence-electron chi connectivity index (χ1n) is 5.73. The largest absolute Gasteiger partial charge is 0.313 e. The van der Waals surface area contributed by atoms with Crippen LogP contribution in [-0.2, 0) is 0 Å². The Labute approximate surface area is 115 Å². The second-order valence-corrected chi connectivity index (χ2v) is 5.01. The summed E-state index contributed by atoms with van der Waals surface area (Å²) in [6.45, 7) is 1.74. The average molecular weight is 290 g/mol. The number of nitrogens with zero attached hydrogens (tertiary/aromatic N) is 2. The number of hydrogen-bond donors (Lipinski definition) is 1. The molecule has 98 valence electrons. The SMILES string of the molecule is O=[N+]([O-])c1cc(Cl)c(Cl)cc1NN1CCCCC1. The second kappa shape index (κ2) is 5.73. The topological polar surface area (TPSA) is 58.4 Å². The molecule has 0 bridgehead atoms. The normalized spacial score (nSPS) is 16.6. The van der Waals surface area contributed by atoms with Crippen LogP contribution in [0.25, 0.3) is 0 Å². The lowest BCUT2D eigenvalue weighted by atomic mass is 10.2. The average Bonchev–Trinajstić information content (AvgIpc) is 2.34. The van der Waals surface area contributed by atoms with Gasteiger partial charge in [-0.3, -0.25) is 10.1 Å². The Bertz CT molecular complexity index is 462. The van der Waals surface area contributed by atoms with Gasteiger partial charge in [-0.1, -0.05) is 29.6 Å². The van der Waals surface area contributed by atoms with Crippen LogP contribution < -0.4 is 5.43 Å². The Hall–Kier alpha value is -1.04. The van der Waals surface area contributed by atoms with E-state index in [2.05, 4.69) is 5.43 Å². The van der Waals surface area contributed by atoms with Crippen molar-refractivity contribution in [3.63, 3.8) is 0 Å². The highest BCUT2D eigenvalue weighted by Gasteiger charge is 2.19. The Morgan fingerprint density at radius 1 is 1.17 bits per heavy atom. The molecule has 1 aromatic carbocycles. The van der Waals surface area contributed by atoms with E-state index >= 15 is 0 Å². The molecule has 0 atom stereocenters. The predicted molar refractivity (Wildman–Crippen MR) is 72.2 cm³/mol. The lowest BCUT2D eigenvalue weighted by molar-refractivity contribution is -0.384. The molecule has 1 aliphatic rings. The zero-order valence-electron chi connectivity index (χ0n) is 9.66. The van der Waals surface area contributed by atoms with Crippen molar-refractivity contribution in [2.24, 2.45) is 0 Å². The number of piperidine rings is 1. The number of nitro groups is 1. The molecular formula is C11H13Cl2N3O2. The summed E-state index contributed by atoms with van der Waals surface area (Å²) < 4.78 is 0. The fraction of sp³-hybridized carbons (Fsp3) is 0.455. The van der Waals surface area contributed by atoms with Crippen molar-refractivity contribution >= 4 is 34.6 Å². The van der Waals surface area contributed by atoms with Gasteiger partial charge in [-0.15, -0.1) is 0 Å². The number of rotatable bonds is 3. The molecule has 0 unspecified atom stereocenters. The quantitative estimate of drug-likeness (QED) is 0.681. The van der Waals surface area contributed by atoms with Gasteiger partial charge in [0.2, 0.25) is 0 Å². The van der Waals surface area contributed by atoms with Gasteiger partial charge >= 0.3 is 0 Å². The third-order valence-electron chi connectivity index (χ3n) is 2.87. The van der Waals surface area contributed by atoms with E-state index in [0.29, 0.717) is 10.7 Å². The summed E-state index contributed by atoms with van der Waals surface area (Å²) >= 11 is 11.7. The molecule has 2 rings (SSSR count). The van der Waals surface area contributed by atoms with Gasteiger partial charge in [-0.05, 0) is 18.9 Å². The third-order valence-corrected chi connectivity index (χ3v) is 3.59. The zero-order chi connectivity index (χ0) is 13.1. The minimum atomic E-state index is -0.464. The third kappa shape index (κ3) is 3.04. The van der Waals surface area contributed by atoms with Crippen molar-refractivity contribution < 1.29 is 4.92 Å². The number of nitro benzene ring substituents is 1. The highest BCUT2D eigenvalue weighted by Crippen LogP contribution is 2.34. The summed E-state index contributed by atoms with van der Waals surface area (Å²) in [6, 6.07) is 2.77. The lowest BCUT2D eigenvalue weighted by Gasteiger charge is -2.27. The molecule has 0 radical (unpaired) electrons. The van der Waals surface area contributed by atoms with Crippen molar-refractivity contribution in [1.29, 1.82) is 0 Å². The van der Waals surface area contributed by atoms with Crippen molar-refractivity contribution in [3.8, 4) is 0 Å². The molecule has 5 nitrogen and oxygen atoms in total. The van der Waals surface area contributed by atoms with Crippen LogP contribution in [0.15, 0.2) is 12.1 Å². The van der Waals surface area contributed by atoms with Crippen molar-refractivity contribution in [2.75, 3.05) is 18.5 Å². The van der Waals surface area contributed by atoms with Gasteiger partial charge in [0.1, 0.15) is 5.69 Å². The molecule has 0 spiro atoms. The smallest absolute Gasteiger partial charge is 0.295 e. The molecule has 1 fully saturated rings. The van der Waals surface area contributed by atoms with E-state index in [0.717, 1.165) is 25.9 Å². The number of hydrogen-bond acceptors (Lipinski definition) is 4. The van der Waals surface area contributed by atoms with Crippen LogP contribution in [0.3, 0.4) is 0 Å². The van der Waals surface area contributed by atoms with E-state index < -0.39 is 4.92 Å². The standard InChI is InChI=1S/C11H13Cl2N3O2/c12-8-6-10(11(16(17)18)7-9(8)13)14-15-4-2-1-3-5-15/h6-7,14H,1-5H2. The number of anilines is 1. The van der Waals surface area contributed by atoms with Gasteiger partial charge < -0.3 is 5.43 Å². The Morgan fingerprint density at radius 3 is 2.39 bits per heavy atom. The van der Waals surface area contributed by atoms with Crippen LogP contribution in [-0.4, -0.2) is 23.0 Å². The van der Waals surface area contributed by atoms with Gasteiger partial charge in [0.15, 0.2) is 0 Å². The molecule has 18 heavy (non-hydrogen) atoms. The van der Waals surface area contributed by atoms with E-state index in [1.807, 2.05) is 5.01 Å². The fourth-order valence-electron chi connectivity index (χ4n) is 1.95. The first-order valence-corrected chi connectivity index (χ1v) is 6.48. The van der Waals surface area contributed by atoms with E-state index in [4.69, 9.17) is 23.2 Å². The molecule has 1 N–H and O–H groups in total. The summed E-state index contributed by atoms with van der Waals surface area (Å²) in [7, 11) is 0. The maximum Gasteiger partial charge on any atom is 0.295 e. The molecule has 1 saturated heterocycles. The molecule has 0 amide bonds. The Kier molecular flexibility index (Phi) is 4.27. The van der Waals surface area contributed by atoms with Gasteiger partial charge in [0.05, 0.1) is 15.0 Å². The van der Waals surface area contributed by atoms with Crippen LogP contribution >= 0.6 is 23.2 Å². The van der Waals surface area contributed by atoms with Gasteiger partial charge in [0.25, 0.3) is 5.69 Å². The number of nitrogens with one attached hydrogen (secondary N) is 1. The molecule has 7 heteroatoms. The first kappa shape index (κ1) is 13.4. The van der Waals surface area contributed by atoms with E-state index in [-0.39, 0.29) is 10.7 Å². The second-order valence-electron chi connectivity index (χ2n) is 4.20. The molecule has 0 saturated carbocycles. The Morgan fingerprint density at radius 2 is 1.78 bits per heavy atom. The Balaban J connectivity index is 2.24. The molecular weight excluding hydrogens is 277 g/mol. The molecule has 1 heterocycles. The van der Waals surface area contributed by atoms with E-state index in [1.165, 1.54) is 18.6 Å². The van der Waals surface area contributed by atoms with E-state index in [9.17, 15) is 10.1 Å². The summed E-state index contributed by atoms with van der Waals surface area (Å²) in [5, 5.41) is 13.4. The summed E-state index contributed by atoms with van der Waals surface area (Å²) in [5.74, 6) is 0. The number of halogens is 2. The molecule has 0 aliphatic carbocycles. The molecule has 0 aromatic heterocycles. The number of hydrazine groups is 1. The van der Waals surface area contributed by atoms with Crippen LogP contribution in [0.2, 0.25) is 10.0 Å². The van der Waals surface area contributed by atoms with Gasteiger partial charge in [-0.25, -0.2) is 5.01 Å². The maximum absolute atomic E-state index is 11.0. The minimum Gasteiger partial charge on any atom is -0.313 e. The molecule has 1 aromatic rings. The molecule has 1 aliphatic heterocycles. The van der Waals surface area contributed by atoms with E-state index in [1.54, 1.807) is 0 Å². The van der Waals surface area contributed by atoms with Crippen molar-refractivity contribution in [3.05, 3.63) is 32.3 Å². The highest BCUT2D eigenvalue weighted by atomic mass is 35.5. The van der Waals surface area contributed by atoms with Crippen LogP contribution in [0, 0.1) is 10.1 Å². The van der Waals surface area contributed by atoms with Crippen molar-refractivity contribution in [2.45, 2.75) is 19.3 Å². The fourth-order valence-corrected chi connectivity index (χ4v) is 2.27. The predicted octanol–water partition coefficient (Wildman–Crippen LogP) is 3.71. The minimum absolute atomic E-state index is 0.0602. The van der Waals surface area contributed by atoms with Crippen LogP contribution in [0.1, 0.15) is 19.3 Å². The van der Waals surface area contributed by atoms with Crippen LogP contribution in [0.4, 0.5) is 11.4 Å². The maximum atomic E-state index is 11.0. The first-order chi connectivity index (χ1) is 8.58. The summed E-state index contributed by atoms with van der Waals surface area (Å²) in [4.78, 5) is 10.5. The van der Waals surface area contributed by atoms with Crippen LogP contribution in [0.5, 0.6) is 0 Å². The zero-order valence-corrected chi connectivity index (χ0v) is 11.2. The van der Waals surface area contributed by atoms with Gasteiger partial charge in [0, 0.05) is 19.2 Å².